The Kier molecular flexibility index (Phi) is 4.45. The van der Waals surface area contributed by atoms with E-state index in [1.807, 2.05) is 11.5 Å². The SMILES string of the molecule is CCc1nncn1C1CCN(S(=O)(=O)c2cccc(F)c2)CC1. The minimum atomic E-state index is -3.64. The zero-order valence-corrected chi connectivity index (χ0v) is 13.7. The molecule has 1 saturated heterocycles. The third-order valence-corrected chi connectivity index (χ3v) is 6.11. The fourth-order valence-corrected chi connectivity index (χ4v) is 4.46. The first-order valence-corrected chi connectivity index (χ1v) is 9.10. The maximum atomic E-state index is 13.3. The molecule has 0 radical (unpaired) electrons. The Morgan fingerprint density at radius 3 is 2.70 bits per heavy atom. The van der Waals surface area contributed by atoms with Crippen molar-refractivity contribution in [3.8, 4) is 0 Å². The van der Waals surface area contributed by atoms with Crippen molar-refractivity contribution in [1.29, 1.82) is 0 Å². The van der Waals surface area contributed by atoms with Gasteiger partial charge in [0, 0.05) is 25.6 Å². The first-order chi connectivity index (χ1) is 11.0. The number of nitrogens with zero attached hydrogens (tertiary/aromatic N) is 4. The molecule has 124 valence electrons. The van der Waals surface area contributed by atoms with Gasteiger partial charge in [-0.15, -0.1) is 10.2 Å². The van der Waals surface area contributed by atoms with Crippen molar-refractivity contribution >= 4 is 10.0 Å². The lowest BCUT2D eigenvalue weighted by Crippen LogP contribution is -2.39. The van der Waals surface area contributed by atoms with Crippen LogP contribution in [0.5, 0.6) is 0 Å². The van der Waals surface area contributed by atoms with Gasteiger partial charge < -0.3 is 4.57 Å². The van der Waals surface area contributed by atoms with Crippen LogP contribution in [0.1, 0.15) is 31.6 Å². The lowest BCUT2D eigenvalue weighted by atomic mass is 10.1. The third-order valence-electron chi connectivity index (χ3n) is 4.21. The van der Waals surface area contributed by atoms with Gasteiger partial charge >= 0.3 is 0 Å². The molecule has 1 fully saturated rings. The van der Waals surface area contributed by atoms with Crippen molar-refractivity contribution < 1.29 is 12.8 Å². The summed E-state index contributed by atoms with van der Waals surface area (Å²) in [5.41, 5.74) is 0. The molecule has 1 aliphatic heterocycles. The minimum Gasteiger partial charge on any atom is -0.314 e. The van der Waals surface area contributed by atoms with Crippen LogP contribution in [0.3, 0.4) is 0 Å². The Hall–Kier alpha value is -1.80. The van der Waals surface area contributed by atoms with Crippen LogP contribution >= 0.6 is 0 Å². The molecule has 23 heavy (non-hydrogen) atoms. The summed E-state index contributed by atoms with van der Waals surface area (Å²) in [4.78, 5) is 0.00879. The molecule has 2 heterocycles. The van der Waals surface area contributed by atoms with Gasteiger partial charge in [0.2, 0.25) is 10.0 Å². The zero-order chi connectivity index (χ0) is 16.4. The number of rotatable bonds is 4. The lowest BCUT2D eigenvalue weighted by molar-refractivity contribution is 0.270. The highest BCUT2D eigenvalue weighted by atomic mass is 32.2. The molecule has 3 rings (SSSR count). The molecule has 8 heteroatoms. The molecule has 0 N–H and O–H groups in total. The predicted octanol–water partition coefficient (Wildman–Crippen LogP) is 2.01. The highest BCUT2D eigenvalue weighted by Gasteiger charge is 2.30. The topological polar surface area (TPSA) is 68.1 Å². The number of halogens is 1. The van der Waals surface area contributed by atoms with E-state index in [0.29, 0.717) is 25.9 Å². The van der Waals surface area contributed by atoms with Crippen LogP contribution in [0.15, 0.2) is 35.5 Å². The highest BCUT2D eigenvalue weighted by molar-refractivity contribution is 7.89. The van der Waals surface area contributed by atoms with Crippen LogP contribution in [-0.4, -0.2) is 40.6 Å². The molecule has 2 aromatic rings. The molecule has 0 saturated carbocycles. The summed E-state index contributed by atoms with van der Waals surface area (Å²) in [7, 11) is -3.64. The highest BCUT2D eigenvalue weighted by Crippen LogP contribution is 2.27. The number of sulfonamides is 1. The number of hydrogen-bond donors (Lipinski definition) is 0. The van der Waals surface area contributed by atoms with Crippen LogP contribution < -0.4 is 0 Å². The summed E-state index contributed by atoms with van der Waals surface area (Å²) >= 11 is 0. The molecule has 0 aliphatic carbocycles. The maximum Gasteiger partial charge on any atom is 0.243 e. The summed E-state index contributed by atoms with van der Waals surface area (Å²) in [6, 6.07) is 5.36. The normalized spacial score (nSPS) is 17.5. The van der Waals surface area contributed by atoms with Gasteiger partial charge in [0.25, 0.3) is 0 Å². The number of piperidine rings is 1. The van der Waals surface area contributed by atoms with Crippen molar-refractivity contribution in [3.05, 3.63) is 42.2 Å². The fourth-order valence-electron chi connectivity index (χ4n) is 2.96. The first kappa shape index (κ1) is 16.1. The molecule has 6 nitrogen and oxygen atoms in total. The number of benzene rings is 1. The monoisotopic (exact) mass is 338 g/mol. The first-order valence-electron chi connectivity index (χ1n) is 7.66. The summed E-state index contributed by atoms with van der Waals surface area (Å²) in [5, 5.41) is 8.01. The van der Waals surface area contributed by atoms with Crippen LogP contribution in [0, 0.1) is 5.82 Å². The molecule has 0 bridgehead atoms. The second-order valence-corrected chi connectivity index (χ2v) is 7.54. The smallest absolute Gasteiger partial charge is 0.243 e. The third kappa shape index (κ3) is 3.13. The lowest BCUT2D eigenvalue weighted by Gasteiger charge is -2.32. The number of aromatic nitrogens is 3. The van der Waals surface area contributed by atoms with Gasteiger partial charge in [-0.2, -0.15) is 4.31 Å². The molecule has 1 aliphatic rings. The predicted molar refractivity (Wildman–Crippen MR) is 82.8 cm³/mol. The largest absolute Gasteiger partial charge is 0.314 e. The fraction of sp³-hybridized carbons (Fsp3) is 0.467. The summed E-state index contributed by atoms with van der Waals surface area (Å²) < 4.78 is 41.9. The van der Waals surface area contributed by atoms with E-state index >= 15 is 0 Å². The van der Waals surface area contributed by atoms with Crippen molar-refractivity contribution in [1.82, 2.24) is 19.1 Å². The zero-order valence-electron chi connectivity index (χ0n) is 12.9. The average molecular weight is 338 g/mol. The van der Waals surface area contributed by atoms with Crippen molar-refractivity contribution in [2.24, 2.45) is 0 Å². The van der Waals surface area contributed by atoms with Gasteiger partial charge in [0.1, 0.15) is 18.0 Å². The number of aryl methyl sites for hydroxylation is 1. The van der Waals surface area contributed by atoms with Gasteiger partial charge in [-0.1, -0.05) is 13.0 Å². The van der Waals surface area contributed by atoms with Crippen molar-refractivity contribution in [3.63, 3.8) is 0 Å². The van der Waals surface area contributed by atoms with Gasteiger partial charge in [-0.3, -0.25) is 0 Å². The van der Waals surface area contributed by atoms with Crippen LogP contribution in [0.2, 0.25) is 0 Å². The minimum absolute atomic E-state index is 0.00879. The van der Waals surface area contributed by atoms with E-state index in [1.54, 1.807) is 6.33 Å². The Morgan fingerprint density at radius 1 is 1.30 bits per heavy atom. The van der Waals surface area contributed by atoms with E-state index in [4.69, 9.17) is 0 Å². The van der Waals surface area contributed by atoms with Gasteiger partial charge in [0.05, 0.1) is 4.90 Å². The van der Waals surface area contributed by atoms with Crippen molar-refractivity contribution in [2.45, 2.75) is 37.1 Å². The second-order valence-electron chi connectivity index (χ2n) is 5.60. The summed E-state index contributed by atoms with van der Waals surface area (Å²) in [5.74, 6) is 0.370. The second kappa shape index (κ2) is 6.37. The summed E-state index contributed by atoms with van der Waals surface area (Å²) in [6.45, 7) is 2.83. The van der Waals surface area contributed by atoms with Crippen LogP contribution in [0.4, 0.5) is 4.39 Å². The van der Waals surface area contributed by atoms with Crippen molar-refractivity contribution in [2.75, 3.05) is 13.1 Å². The Labute approximate surface area is 135 Å². The molecule has 0 unspecified atom stereocenters. The molecular weight excluding hydrogens is 319 g/mol. The van der Waals surface area contributed by atoms with Crippen LogP contribution in [-0.2, 0) is 16.4 Å². The Bertz CT molecular complexity index is 782. The van der Waals surface area contributed by atoms with E-state index < -0.39 is 15.8 Å². The van der Waals surface area contributed by atoms with Gasteiger partial charge in [0.15, 0.2) is 0 Å². The molecule has 1 aromatic heterocycles. The van der Waals surface area contributed by atoms with Crippen LogP contribution in [0.25, 0.3) is 0 Å². The molecule has 0 atom stereocenters. The molecule has 1 aromatic carbocycles. The molecular formula is C15H19FN4O2S. The molecule has 0 spiro atoms. The standard InChI is InChI=1S/C15H19FN4O2S/c1-2-15-18-17-11-20(15)13-6-8-19(9-7-13)23(21,22)14-5-3-4-12(16)10-14/h3-5,10-11,13H,2,6-9H2,1H3. The van der Waals surface area contributed by atoms with Gasteiger partial charge in [-0.05, 0) is 31.0 Å². The average Bonchev–Trinajstić information content (AvgIpc) is 3.03. The van der Waals surface area contributed by atoms with E-state index in [2.05, 4.69) is 10.2 Å². The van der Waals surface area contributed by atoms with E-state index in [1.165, 1.54) is 22.5 Å². The molecule has 0 amide bonds. The van der Waals surface area contributed by atoms with E-state index in [0.717, 1.165) is 18.3 Å². The van der Waals surface area contributed by atoms with E-state index in [9.17, 15) is 12.8 Å². The number of hydrogen-bond acceptors (Lipinski definition) is 4. The Balaban J connectivity index is 1.74. The maximum absolute atomic E-state index is 13.3. The summed E-state index contributed by atoms with van der Waals surface area (Å²) in [6.07, 6.45) is 3.89. The van der Waals surface area contributed by atoms with Gasteiger partial charge in [-0.25, -0.2) is 12.8 Å². The Morgan fingerprint density at radius 2 is 2.04 bits per heavy atom. The van der Waals surface area contributed by atoms with E-state index in [-0.39, 0.29) is 10.9 Å². The quantitative estimate of drug-likeness (QED) is 0.855.